The van der Waals surface area contributed by atoms with Crippen LogP contribution in [-0.2, 0) is 21.4 Å². The molecular weight excluding hydrogens is 426 g/mol. The smallest absolute Gasteiger partial charge is 0.324 e. The summed E-state index contributed by atoms with van der Waals surface area (Å²) >= 11 is 1.55. The van der Waals surface area contributed by atoms with Crippen molar-refractivity contribution in [3.8, 4) is 0 Å². The maximum Gasteiger partial charge on any atom is 0.324 e. The minimum Gasteiger partial charge on any atom is -0.329 e. The lowest BCUT2D eigenvalue weighted by Crippen LogP contribution is -2.32. The number of thioether (sulfide) groups is 1. The summed E-state index contributed by atoms with van der Waals surface area (Å²) in [5, 5.41) is 3.33. The minimum absolute atomic E-state index is 0.0664. The average molecular weight is 454 g/mol. The standard InChI is InChI=1S/C19H27N5O4S2/c1-4-5-9-23-16-8-7-14(30(27,28)22(2)3)12-15(16)21-19(23)29-11-6-10-24-17(25)13-20-18(24)26/h7-8,12H,4-6,9-11,13H2,1-3H3,(H,20,26). The Hall–Kier alpha value is -2.11. The molecule has 1 aromatic carbocycles. The number of unbranched alkanes of at least 4 members (excludes halogenated alkanes) is 1. The highest BCUT2D eigenvalue weighted by Gasteiger charge is 2.27. The van der Waals surface area contributed by atoms with E-state index >= 15 is 0 Å². The second-order valence-electron chi connectivity index (χ2n) is 7.24. The van der Waals surface area contributed by atoms with Crippen molar-refractivity contribution in [2.24, 2.45) is 0 Å². The minimum atomic E-state index is -3.53. The number of imide groups is 1. The lowest BCUT2D eigenvalue weighted by Gasteiger charge is -2.12. The van der Waals surface area contributed by atoms with E-state index in [0.717, 1.165) is 30.1 Å². The van der Waals surface area contributed by atoms with Gasteiger partial charge in [-0.2, -0.15) is 0 Å². The molecule has 0 spiro atoms. The number of fused-ring (bicyclic) bond motifs is 1. The quantitative estimate of drug-likeness (QED) is 0.336. The van der Waals surface area contributed by atoms with E-state index in [1.165, 1.54) is 23.3 Å². The predicted octanol–water partition coefficient (Wildman–Crippen LogP) is 2.12. The molecule has 1 saturated heterocycles. The van der Waals surface area contributed by atoms with Gasteiger partial charge in [0.05, 0.1) is 22.5 Å². The van der Waals surface area contributed by atoms with E-state index in [4.69, 9.17) is 0 Å². The summed E-state index contributed by atoms with van der Waals surface area (Å²) < 4.78 is 28.2. The molecule has 3 amide bonds. The van der Waals surface area contributed by atoms with Gasteiger partial charge < -0.3 is 9.88 Å². The SMILES string of the molecule is CCCCn1c(SCCCN2C(=O)CNC2=O)nc2cc(S(=O)(=O)N(C)C)ccc21. The number of imidazole rings is 1. The van der Waals surface area contributed by atoms with E-state index < -0.39 is 10.0 Å². The van der Waals surface area contributed by atoms with Gasteiger partial charge in [0.1, 0.15) is 0 Å². The van der Waals surface area contributed by atoms with Gasteiger partial charge in [0, 0.05) is 32.9 Å². The van der Waals surface area contributed by atoms with E-state index in [-0.39, 0.29) is 23.4 Å². The maximum absolute atomic E-state index is 12.5. The van der Waals surface area contributed by atoms with E-state index in [1.54, 1.807) is 23.9 Å². The fraction of sp³-hybridized carbons (Fsp3) is 0.526. The monoisotopic (exact) mass is 453 g/mol. The molecule has 164 valence electrons. The number of carbonyl (C=O) groups excluding carboxylic acids is 2. The van der Waals surface area contributed by atoms with Gasteiger partial charge in [-0.15, -0.1) is 0 Å². The van der Waals surface area contributed by atoms with Gasteiger partial charge >= 0.3 is 6.03 Å². The molecule has 1 aromatic heterocycles. The van der Waals surface area contributed by atoms with Gasteiger partial charge in [-0.1, -0.05) is 25.1 Å². The van der Waals surface area contributed by atoms with Gasteiger partial charge in [-0.05, 0) is 31.0 Å². The summed E-state index contributed by atoms with van der Waals surface area (Å²) in [5.74, 6) is 0.491. The van der Waals surface area contributed by atoms with Gasteiger partial charge in [0.15, 0.2) is 5.16 Å². The Bertz CT molecular complexity index is 1030. The first-order valence-electron chi connectivity index (χ1n) is 9.89. The zero-order valence-electron chi connectivity index (χ0n) is 17.4. The summed E-state index contributed by atoms with van der Waals surface area (Å²) in [5.41, 5.74) is 1.54. The third-order valence-electron chi connectivity index (χ3n) is 4.89. The summed E-state index contributed by atoms with van der Waals surface area (Å²) in [7, 11) is -0.516. The van der Waals surface area contributed by atoms with Crippen molar-refractivity contribution in [1.82, 2.24) is 24.1 Å². The fourth-order valence-corrected chi connectivity index (χ4v) is 5.06. The van der Waals surface area contributed by atoms with Crippen molar-refractivity contribution in [2.75, 3.05) is 32.9 Å². The van der Waals surface area contributed by atoms with Crippen LogP contribution >= 0.6 is 11.8 Å². The molecular formula is C19H27N5O4S2. The van der Waals surface area contributed by atoms with Crippen LogP contribution in [-0.4, -0.2) is 72.1 Å². The van der Waals surface area contributed by atoms with Crippen LogP contribution in [0.2, 0.25) is 0 Å². The van der Waals surface area contributed by atoms with Crippen molar-refractivity contribution in [3.05, 3.63) is 18.2 Å². The summed E-state index contributed by atoms with van der Waals surface area (Å²) in [6.45, 7) is 3.35. The number of aryl methyl sites for hydroxylation is 1. The van der Waals surface area contributed by atoms with Crippen LogP contribution in [0.1, 0.15) is 26.2 Å². The molecule has 30 heavy (non-hydrogen) atoms. The van der Waals surface area contributed by atoms with Crippen molar-refractivity contribution < 1.29 is 18.0 Å². The second kappa shape index (κ2) is 9.36. The van der Waals surface area contributed by atoms with E-state index in [0.29, 0.717) is 24.2 Å². The Morgan fingerprint density at radius 2 is 1.97 bits per heavy atom. The molecule has 0 bridgehead atoms. The van der Waals surface area contributed by atoms with E-state index in [1.807, 2.05) is 6.07 Å². The van der Waals surface area contributed by atoms with Crippen molar-refractivity contribution in [2.45, 2.75) is 42.8 Å². The zero-order chi connectivity index (χ0) is 21.9. The first-order valence-corrected chi connectivity index (χ1v) is 12.3. The topological polar surface area (TPSA) is 105 Å². The molecule has 0 atom stereocenters. The summed E-state index contributed by atoms with van der Waals surface area (Å²) in [6.07, 6.45) is 2.67. The number of aromatic nitrogens is 2. The number of rotatable bonds is 10. The first kappa shape index (κ1) is 22.6. The summed E-state index contributed by atoms with van der Waals surface area (Å²) in [4.78, 5) is 29.4. The fourth-order valence-electron chi connectivity index (χ4n) is 3.17. The number of carbonyl (C=O) groups is 2. The highest BCUT2D eigenvalue weighted by Crippen LogP contribution is 2.28. The van der Waals surface area contributed by atoms with Crippen LogP contribution < -0.4 is 5.32 Å². The van der Waals surface area contributed by atoms with Crippen molar-refractivity contribution >= 4 is 44.8 Å². The number of hydrogen-bond acceptors (Lipinski definition) is 6. The van der Waals surface area contributed by atoms with Gasteiger partial charge in [0.25, 0.3) is 0 Å². The number of urea groups is 1. The lowest BCUT2D eigenvalue weighted by atomic mass is 10.3. The number of hydrogen-bond donors (Lipinski definition) is 1. The molecule has 9 nitrogen and oxygen atoms in total. The first-order chi connectivity index (χ1) is 14.3. The molecule has 3 rings (SSSR count). The molecule has 1 aliphatic rings. The number of benzene rings is 1. The highest BCUT2D eigenvalue weighted by molar-refractivity contribution is 7.99. The van der Waals surface area contributed by atoms with E-state index in [9.17, 15) is 18.0 Å². The second-order valence-corrected chi connectivity index (χ2v) is 10.5. The molecule has 1 fully saturated rings. The predicted molar refractivity (Wildman–Crippen MR) is 116 cm³/mol. The number of nitrogens with one attached hydrogen (secondary N) is 1. The molecule has 0 aliphatic carbocycles. The molecule has 11 heteroatoms. The van der Waals surface area contributed by atoms with Crippen LogP contribution in [0.4, 0.5) is 4.79 Å². The van der Waals surface area contributed by atoms with Crippen LogP contribution in [0.5, 0.6) is 0 Å². The molecule has 1 aliphatic heterocycles. The largest absolute Gasteiger partial charge is 0.329 e. The molecule has 0 saturated carbocycles. The number of nitrogens with zero attached hydrogens (tertiary/aromatic N) is 4. The van der Waals surface area contributed by atoms with Gasteiger partial charge in [-0.3, -0.25) is 9.69 Å². The lowest BCUT2D eigenvalue weighted by molar-refractivity contribution is -0.124. The molecule has 0 unspecified atom stereocenters. The maximum atomic E-state index is 12.5. The number of sulfonamides is 1. The molecule has 2 aromatic rings. The Morgan fingerprint density at radius 1 is 1.20 bits per heavy atom. The Labute approximate surface area is 180 Å². The van der Waals surface area contributed by atoms with Gasteiger partial charge in [-0.25, -0.2) is 22.5 Å². The molecule has 1 N–H and O–H groups in total. The van der Waals surface area contributed by atoms with Crippen molar-refractivity contribution in [3.63, 3.8) is 0 Å². The Kier molecular flexibility index (Phi) is 7.04. The third kappa shape index (κ3) is 4.62. The molecule has 2 heterocycles. The Morgan fingerprint density at radius 3 is 2.60 bits per heavy atom. The zero-order valence-corrected chi connectivity index (χ0v) is 19.1. The highest BCUT2D eigenvalue weighted by atomic mass is 32.2. The normalized spacial score (nSPS) is 14.9. The Balaban J connectivity index is 1.78. The average Bonchev–Trinajstić information content (AvgIpc) is 3.22. The van der Waals surface area contributed by atoms with Crippen LogP contribution in [0.15, 0.2) is 28.3 Å². The van der Waals surface area contributed by atoms with Crippen LogP contribution in [0.25, 0.3) is 11.0 Å². The van der Waals surface area contributed by atoms with Crippen LogP contribution in [0.3, 0.4) is 0 Å². The van der Waals surface area contributed by atoms with Gasteiger partial charge in [0.2, 0.25) is 15.9 Å². The number of amides is 3. The summed E-state index contributed by atoms with van der Waals surface area (Å²) in [6, 6.07) is 4.71. The molecule has 0 radical (unpaired) electrons. The van der Waals surface area contributed by atoms with Crippen LogP contribution in [0, 0.1) is 0 Å². The van der Waals surface area contributed by atoms with E-state index in [2.05, 4.69) is 21.8 Å². The van der Waals surface area contributed by atoms with Crippen molar-refractivity contribution in [1.29, 1.82) is 0 Å². The third-order valence-corrected chi connectivity index (χ3v) is 7.77.